The number of fused-ring (bicyclic) bond motifs is 1. The molecule has 0 bridgehead atoms. The Morgan fingerprint density at radius 1 is 1.18 bits per heavy atom. The number of benzene rings is 1. The van der Waals surface area contributed by atoms with Crippen LogP contribution in [0.5, 0.6) is 0 Å². The molecule has 0 spiro atoms. The van der Waals surface area contributed by atoms with Gasteiger partial charge in [-0.15, -0.1) is 0 Å². The van der Waals surface area contributed by atoms with Gasteiger partial charge in [0.15, 0.2) is 0 Å². The summed E-state index contributed by atoms with van der Waals surface area (Å²) < 4.78 is 0. The molecule has 0 saturated heterocycles. The number of hydrogen-bond acceptors (Lipinski definition) is 2. The van der Waals surface area contributed by atoms with E-state index < -0.39 is 0 Å². The summed E-state index contributed by atoms with van der Waals surface area (Å²) in [5.74, 6) is 0. The molecule has 0 aliphatic carbocycles. The summed E-state index contributed by atoms with van der Waals surface area (Å²) in [6, 6.07) is 7.75. The Hall–Kier alpha value is -1.09. The van der Waals surface area contributed by atoms with Gasteiger partial charge in [0, 0.05) is 17.1 Å². The molecule has 0 amide bonds. The first-order chi connectivity index (χ1) is 8.27. The summed E-state index contributed by atoms with van der Waals surface area (Å²) in [6.07, 6.45) is 1.75. The predicted octanol–water partition coefficient (Wildman–Crippen LogP) is 5.27. The Balaban J connectivity index is 2.46. The lowest BCUT2D eigenvalue weighted by atomic mass is 10.0. The predicted molar refractivity (Wildman–Crippen MR) is 75.1 cm³/mol. The molecule has 0 unspecified atom stereocenters. The minimum absolute atomic E-state index is 0.541. The first kappa shape index (κ1) is 11.0. The van der Waals surface area contributed by atoms with Crippen molar-refractivity contribution >= 4 is 45.4 Å². The molecule has 3 aromatic rings. The van der Waals surface area contributed by atoms with Crippen molar-refractivity contribution in [3.8, 4) is 11.1 Å². The zero-order valence-corrected chi connectivity index (χ0v) is 11.0. The van der Waals surface area contributed by atoms with Crippen LogP contribution in [-0.4, -0.2) is 4.98 Å². The van der Waals surface area contributed by atoms with E-state index in [0.717, 1.165) is 22.0 Å². The van der Waals surface area contributed by atoms with Crippen LogP contribution < -0.4 is 0 Å². The highest BCUT2D eigenvalue weighted by Gasteiger charge is 2.13. The van der Waals surface area contributed by atoms with E-state index in [1.807, 2.05) is 23.6 Å². The quantitative estimate of drug-likeness (QED) is 0.591. The minimum atomic E-state index is 0.541. The smallest absolute Gasteiger partial charge is 0.0724 e. The van der Waals surface area contributed by atoms with Crippen molar-refractivity contribution in [1.29, 1.82) is 0 Å². The van der Waals surface area contributed by atoms with Crippen LogP contribution in [-0.2, 0) is 0 Å². The summed E-state index contributed by atoms with van der Waals surface area (Å²) in [4.78, 5) is 4.31. The number of thiophene rings is 1. The average Bonchev–Trinajstić information content (AvgIpc) is 2.84. The first-order valence-electron chi connectivity index (χ1n) is 5.02. The van der Waals surface area contributed by atoms with Gasteiger partial charge >= 0.3 is 0 Å². The number of pyridine rings is 1. The second kappa shape index (κ2) is 4.30. The number of halogens is 2. The van der Waals surface area contributed by atoms with Gasteiger partial charge in [-0.3, -0.25) is 4.98 Å². The molecule has 0 N–H and O–H groups in total. The highest BCUT2D eigenvalue weighted by molar-refractivity contribution is 7.08. The molecule has 0 aliphatic heterocycles. The van der Waals surface area contributed by atoms with Crippen LogP contribution in [0.2, 0.25) is 10.0 Å². The van der Waals surface area contributed by atoms with E-state index in [4.69, 9.17) is 23.2 Å². The molecule has 84 valence electrons. The highest BCUT2D eigenvalue weighted by atomic mass is 35.5. The van der Waals surface area contributed by atoms with E-state index in [2.05, 4.69) is 10.4 Å². The van der Waals surface area contributed by atoms with Crippen LogP contribution in [0.4, 0.5) is 0 Å². The molecule has 0 fully saturated rings. The van der Waals surface area contributed by atoms with Crippen LogP contribution in [0, 0.1) is 0 Å². The maximum absolute atomic E-state index is 6.31. The first-order valence-corrected chi connectivity index (χ1v) is 6.72. The molecule has 2 aromatic heterocycles. The van der Waals surface area contributed by atoms with Gasteiger partial charge in [0.05, 0.1) is 15.6 Å². The zero-order chi connectivity index (χ0) is 11.8. The van der Waals surface area contributed by atoms with Gasteiger partial charge in [-0.25, -0.2) is 0 Å². The summed E-state index contributed by atoms with van der Waals surface area (Å²) in [7, 11) is 0. The Morgan fingerprint density at radius 2 is 2.06 bits per heavy atom. The number of aromatic nitrogens is 1. The topological polar surface area (TPSA) is 12.9 Å². The fraction of sp³-hybridized carbons (Fsp3) is 0. The van der Waals surface area contributed by atoms with Gasteiger partial charge < -0.3 is 0 Å². The molecule has 0 aliphatic rings. The molecule has 0 atom stereocenters. The van der Waals surface area contributed by atoms with Gasteiger partial charge in [-0.05, 0) is 34.5 Å². The van der Waals surface area contributed by atoms with E-state index in [9.17, 15) is 0 Å². The van der Waals surface area contributed by atoms with Crippen LogP contribution in [0.3, 0.4) is 0 Å². The van der Waals surface area contributed by atoms with Crippen LogP contribution in [0.1, 0.15) is 0 Å². The van der Waals surface area contributed by atoms with Crippen molar-refractivity contribution in [2.24, 2.45) is 0 Å². The van der Waals surface area contributed by atoms with E-state index in [-0.39, 0.29) is 0 Å². The van der Waals surface area contributed by atoms with Crippen molar-refractivity contribution in [3.05, 3.63) is 51.3 Å². The molecule has 4 heteroatoms. The van der Waals surface area contributed by atoms with E-state index in [1.165, 1.54) is 0 Å². The van der Waals surface area contributed by atoms with E-state index in [0.29, 0.717) is 10.0 Å². The van der Waals surface area contributed by atoms with E-state index >= 15 is 0 Å². The van der Waals surface area contributed by atoms with Crippen molar-refractivity contribution in [2.75, 3.05) is 0 Å². The average molecular weight is 280 g/mol. The second-order valence-electron chi connectivity index (χ2n) is 3.63. The minimum Gasteiger partial charge on any atom is -0.256 e. The lowest BCUT2D eigenvalue weighted by molar-refractivity contribution is 1.41. The number of hydrogen-bond donors (Lipinski definition) is 0. The number of nitrogens with zero attached hydrogens (tertiary/aromatic N) is 1. The fourth-order valence-electron chi connectivity index (χ4n) is 1.85. The normalized spacial score (nSPS) is 10.9. The molecule has 1 nitrogen and oxygen atoms in total. The monoisotopic (exact) mass is 279 g/mol. The Bertz CT molecular complexity index is 677. The third-order valence-corrected chi connectivity index (χ3v) is 4.08. The highest BCUT2D eigenvalue weighted by Crippen LogP contribution is 2.39. The van der Waals surface area contributed by atoms with Crippen molar-refractivity contribution < 1.29 is 0 Å². The summed E-state index contributed by atoms with van der Waals surface area (Å²) in [5.41, 5.74) is 2.91. The Labute approximate surface area is 113 Å². The van der Waals surface area contributed by atoms with Crippen LogP contribution in [0.25, 0.3) is 22.0 Å². The summed E-state index contributed by atoms with van der Waals surface area (Å²) in [5, 5.41) is 6.24. The lowest BCUT2D eigenvalue weighted by Crippen LogP contribution is -1.85. The van der Waals surface area contributed by atoms with Gasteiger partial charge in [0.2, 0.25) is 0 Å². The maximum atomic E-state index is 6.31. The Morgan fingerprint density at radius 3 is 2.82 bits per heavy atom. The molecular weight excluding hydrogens is 273 g/mol. The molecular formula is C13H7Cl2NS. The maximum Gasteiger partial charge on any atom is 0.0724 e. The van der Waals surface area contributed by atoms with E-state index in [1.54, 1.807) is 23.6 Å². The zero-order valence-electron chi connectivity index (χ0n) is 8.65. The van der Waals surface area contributed by atoms with Crippen LogP contribution in [0.15, 0.2) is 41.2 Å². The van der Waals surface area contributed by atoms with Gasteiger partial charge in [-0.2, -0.15) is 11.3 Å². The summed E-state index contributed by atoms with van der Waals surface area (Å²) >= 11 is 14.1. The standard InChI is InChI=1S/C13H7Cl2NS/c14-10-6-11-9(2-1-4-16-11)12(13(10)15)8-3-5-17-7-8/h1-7H. The van der Waals surface area contributed by atoms with Gasteiger partial charge in [-0.1, -0.05) is 29.3 Å². The van der Waals surface area contributed by atoms with Gasteiger partial charge in [0.1, 0.15) is 0 Å². The summed E-state index contributed by atoms with van der Waals surface area (Å²) in [6.45, 7) is 0. The lowest BCUT2D eigenvalue weighted by Gasteiger charge is -2.08. The molecule has 1 aromatic carbocycles. The SMILES string of the molecule is Clc1cc2ncccc2c(-c2ccsc2)c1Cl. The third-order valence-electron chi connectivity index (χ3n) is 2.61. The second-order valence-corrected chi connectivity index (χ2v) is 5.19. The molecule has 0 radical (unpaired) electrons. The van der Waals surface area contributed by atoms with Crippen molar-refractivity contribution in [3.63, 3.8) is 0 Å². The largest absolute Gasteiger partial charge is 0.256 e. The Kier molecular flexibility index (Phi) is 2.79. The van der Waals surface area contributed by atoms with Crippen molar-refractivity contribution in [1.82, 2.24) is 4.98 Å². The van der Waals surface area contributed by atoms with Crippen LogP contribution >= 0.6 is 34.5 Å². The molecule has 17 heavy (non-hydrogen) atoms. The third kappa shape index (κ3) is 1.82. The molecule has 0 saturated carbocycles. The molecule has 2 heterocycles. The molecule has 3 rings (SSSR count). The van der Waals surface area contributed by atoms with Crippen molar-refractivity contribution in [2.45, 2.75) is 0 Å². The number of rotatable bonds is 1. The fourth-order valence-corrected chi connectivity index (χ4v) is 2.96. The van der Waals surface area contributed by atoms with Gasteiger partial charge in [0.25, 0.3) is 0 Å².